The van der Waals surface area contributed by atoms with Crippen molar-refractivity contribution in [3.8, 4) is 0 Å². The summed E-state index contributed by atoms with van der Waals surface area (Å²) in [6.07, 6.45) is 0. The Morgan fingerprint density at radius 2 is 1.47 bits per heavy atom. The molecule has 3 aromatic rings. The van der Waals surface area contributed by atoms with Crippen molar-refractivity contribution in [1.29, 1.82) is 0 Å². The molecule has 5 nitrogen and oxygen atoms in total. The summed E-state index contributed by atoms with van der Waals surface area (Å²) in [5, 5.41) is 2.97. The van der Waals surface area contributed by atoms with Gasteiger partial charge in [0.2, 0.25) is 5.91 Å². The number of hydrogen-bond donors (Lipinski definition) is 1. The molecule has 0 fully saturated rings. The molecular weight excluding hydrogens is 420 g/mol. The minimum Gasteiger partial charge on any atom is -0.348 e. The Labute approximate surface area is 191 Å². The first-order chi connectivity index (χ1) is 15.1. The molecule has 6 heteroatoms. The highest BCUT2D eigenvalue weighted by Crippen LogP contribution is 2.28. The molecule has 0 aliphatic rings. The number of carbonyl (C=O) groups is 1. The van der Waals surface area contributed by atoms with Gasteiger partial charge in [-0.25, -0.2) is 8.42 Å². The molecule has 168 valence electrons. The third-order valence-corrected chi connectivity index (χ3v) is 7.28. The standard InChI is InChI=1S/C26H30N2O3S/c1-18-11-13-24(20(3)15-18)22(5)27-26(29)17-28(25-14-12-19(2)16-21(25)4)32(30,31)23-9-7-6-8-10-23/h6-16,22H,17H2,1-5H3,(H,27,29)/t22-/m1/s1. The molecule has 0 aliphatic carbocycles. The van der Waals surface area contributed by atoms with E-state index in [9.17, 15) is 13.2 Å². The van der Waals surface area contributed by atoms with E-state index in [1.54, 1.807) is 36.4 Å². The number of hydrogen-bond acceptors (Lipinski definition) is 3. The zero-order chi connectivity index (χ0) is 23.5. The van der Waals surface area contributed by atoms with Gasteiger partial charge in [0.15, 0.2) is 0 Å². The third kappa shape index (κ3) is 5.19. The number of nitrogens with zero attached hydrogens (tertiary/aromatic N) is 1. The molecule has 32 heavy (non-hydrogen) atoms. The van der Waals surface area contributed by atoms with Crippen molar-refractivity contribution in [3.05, 3.63) is 94.5 Å². The summed E-state index contributed by atoms with van der Waals surface area (Å²) in [6.45, 7) is 9.43. The minimum atomic E-state index is -3.93. The van der Waals surface area contributed by atoms with E-state index in [2.05, 4.69) is 11.4 Å². The molecule has 1 atom stereocenters. The van der Waals surface area contributed by atoms with Gasteiger partial charge in [-0.3, -0.25) is 9.10 Å². The molecule has 0 heterocycles. The van der Waals surface area contributed by atoms with Gasteiger partial charge in [0.25, 0.3) is 10.0 Å². The fourth-order valence-corrected chi connectivity index (χ4v) is 5.42. The van der Waals surface area contributed by atoms with Crippen LogP contribution in [0.4, 0.5) is 5.69 Å². The number of aryl methyl sites for hydroxylation is 4. The first-order valence-corrected chi connectivity index (χ1v) is 12.0. The molecular formula is C26H30N2O3S. The van der Waals surface area contributed by atoms with Crippen LogP contribution in [0.1, 0.15) is 40.8 Å². The maximum atomic E-state index is 13.5. The highest BCUT2D eigenvalue weighted by molar-refractivity contribution is 7.92. The van der Waals surface area contributed by atoms with Gasteiger partial charge in [-0.15, -0.1) is 0 Å². The average molecular weight is 451 g/mol. The van der Waals surface area contributed by atoms with Crippen molar-refractivity contribution in [2.75, 3.05) is 10.8 Å². The van der Waals surface area contributed by atoms with E-state index in [-0.39, 0.29) is 23.4 Å². The SMILES string of the molecule is Cc1ccc([C@@H](C)NC(=O)CN(c2ccc(C)cc2C)S(=O)(=O)c2ccccc2)c(C)c1. The Hall–Kier alpha value is -3.12. The van der Waals surface area contributed by atoms with Crippen LogP contribution in [-0.2, 0) is 14.8 Å². The highest BCUT2D eigenvalue weighted by Gasteiger charge is 2.28. The predicted molar refractivity (Wildman–Crippen MR) is 129 cm³/mol. The van der Waals surface area contributed by atoms with Crippen LogP contribution in [0, 0.1) is 27.7 Å². The second-order valence-electron chi connectivity index (χ2n) is 8.26. The van der Waals surface area contributed by atoms with Crippen LogP contribution in [0.3, 0.4) is 0 Å². The second-order valence-corrected chi connectivity index (χ2v) is 10.1. The fourth-order valence-electron chi connectivity index (χ4n) is 3.91. The Balaban J connectivity index is 1.93. The van der Waals surface area contributed by atoms with E-state index in [1.165, 1.54) is 4.31 Å². The molecule has 0 radical (unpaired) electrons. The lowest BCUT2D eigenvalue weighted by atomic mass is 10.0. The zero-order valence-corrected chi connectivity index (χ0v) is 20.0. The van der Waals surface area contributed by atoms with Gasteiger partial charge in [-0.2, -0.15) is 0 Å². The van der Waals surface area contributed by atoms with Crippen LogP contribution in [0.2, 0.25) is 0 Å². The van der Waals surface area contributed by atoms with Crippen LogP contribution in [0.5, 0.6) is 0 Å². The van der Waals surface area contributed by atoms with Crippen LogP contribution in [0.25, 0.3) is 0 Å². The lowest BCUT2D eigenvalue weighted by Gasteiger charge is -2.27. The Morgan fingerprint density at radius 3 is 2.06 bits per heavy atom. The van der Waals surface area contributed by atoms with Crippen LogP contribution in [0.15, 0.2) is 71.6 Å². The van der Waals surface area contributed by atoms with E-state index in [4.69, 9.17) is 0 Å². The maximum Gasteiger partial charge on any atom is 0.264 e. The van der Waals surface area contributed by atoms with Crippen molar-refractivity contribution in [3.63, 3.8) is 0 Å². The minimum absolute atomic E-state index is 0.148. The fraction of sp³-hybridized carbons (Fsp3) is 0.269. The van der Waals surface area contributed by atoms with Crippen LogP contribution >= 0.6 is 0 Å². The van der Waals surface area contributed by atoms with E-state index in [1.807, 2.05) is 58.9 Å². The molecule has 0 saturated carbocycles. The second kappa shape index (κ2) is 9.57. The molecule has 0 spiro atoms. The number of sulfonamides is 1. The maximum absolute atomic E-state index is 13.5. The Kier molecular flexibility index (Phi) is 7.04. The molecule has 0 bridgehead atoms. The molecule has 1 N–H and O–H groups in total. The number of rotatable bonds is 7. The first kappa shape index (κ1) is 23.5. The van der Waals surface area contributed by atoms with Gasteiger partial charge in [-0.1, -0.05) is 59.7 Å². The molecule has 1 amide bonds. The lowest BCUT2D eigenvalue weighted by Crippen LogP contribution is -2.42. The van der Waals surface area contributed by atoms with Gasteiger partial charge in [0.1, 0.15) is 6.54 Å². The van der Waals surface area contributed by atoms with Crippen molar-refractivity contribution in [1.82, 2.24) is 5.32 Å². The lowest BCUT2D eigenvalue weighted by molar-refractivity contribution is -0.120. The number of amides is 1. The Bertz CT molecular complexity index is 1220. The van der Waals surface area contributed by atoms with Crippen molar-refractivity contribution < 1.29 is 13.2 Å². The first-order valence-electron chi connectivity index (χ1n) is 10.6. The van der Waals surface area contributed by atoms with Crippen LogP contribution < -0.4 is 9.62 Å². The third-order valence-electron chi connectivity index (χ3n) is 5.51. The molecule has 3 aromatic carbocycles. The van der Waals surface area contributed by atoms with Gasteiger partial charge >= 0.3 is 0 Å². The summed E-state index contributed by atoms with van der Waals surface area (Å²) < 4.78 is 28.2. The number of carbonyl (C=O) groups excluding carboxylic acids is 1. The van der Waals surface area contributed by atoms with E-state index >= 15 is 0 Å². The zero-order valence-electron chi connectivity index (χ0n) is 19.2. The van der Waals surface area contributed by atoms with Crippen LogP contribution in [-0.4, -0.2) is 20.9 Å². The topological polar surface area (TPSA) is 66.5 Å². The van der Waals surface area contributed by atoms with Gasteiger partial charge in [0, 0.05) is 0 Å². The smallest absolute Gasteiger partial charge is 0.264 e. The monoisotopic (exact) mass is 450 g/mol. The molecule has 3 rings (SSSR count). The van der Waals surface area contributed by atoms with Crippen molar-refractivity contribution in [2.45, 2.75) is 45.6 Å². The van der Waals surface area contributed by atoms with E-state index < -0.39 is 10.0 Å². The summed E-state index contributed by atoms with van der Waals surface area (Å²) in [4.78, 5) is 13.2. The number of nitrogens with one attached hydrogen (secondary N) is 1. The summed E-state index contributed by atoms with van der Waals surface area (Å²) >= 11 is 0. The number of benzene rings is 3. The molecule has 0 unspecified atom stereocenters. The summed E-state index contributed by atoms with van der Waals surface area (Å²) in [5.41, 5.74) is 5.55. The highest BCUT2D eigenvalue weighted by atomic mass is 32.2. The Morgan fingerprint density at radius 1 is 0.875 bits per heavy atom. The van der Waals surface area contributed by atoms with E-state index in [0.29, 0.717) is 5.69 Å². The summed E-state index contributed by atoms with van der Waals surface area (Å²) in [7, 11) is -3.93. The summed E-state index contributed by atoms with van der Waals surface area (Å²) in [6, 6.07) is 19.6. The number of anilines is 1. The van der Waals surface area contributed by atoms with Crippen molar-refractivity contribution >= 4 is 21.6 Å². The largest absolute Gasteiger partial charge is 0.348 e. The summed E-state index contributed by atoms with van der Waals surface area (Å²) in [5.74, 6) is -0.364. The predicted octanol–water partition coefficient (Wildman–Crippen LogP) is 4.99. The molecule has 0 saturated heterocycles. The van der Waals surface area contributed by atoms with Gasteiger partial charge in [0.05, 0.1) is 16.6 Å². The van der Waals surface area contributed by atoms with E-state index in [0.717, 1.165) is 27.8 Å². The average Bonchev–Trinajstić information content (AvgIpc) is 2.73. The van der Waals surface area contributed by atoms with Gasteiger partial charge < -0.3 is 5.32 Å². The van der Waals surface area contributed by atoms with Gasteiger partial charge in [-0.05, 0) is 69.5 Å². The molecule has 0 aliphatic heterocycles. The van der Waals surface area contributed by atoms with Crippen molar-refractivity contribution in [2.24, 2.45) is 0 Å². The quantitative estimate of drug-likeness (QED) is 0.551. The molecule has 0 aromatic heterocycles. The normalized spacial score (nSPS) is 12.3.